The molecule has 2 heterocycles. The molecule has 2 N–H and O–H groups in total. The Balaban J connectivity index is 0.00000169. The van der Waals surface area contributed by atoms with Crippen LogP contribution < -0.4 is 15.4 Å². The maximum atomic E-state index is 12.4. The summed E-state index contributed by atoms with van der Waals surface area (Å²) in [5, 5.41) is 6.33. The number of hydrogen-bond donors (Lipinski definition) is 2. The lowest BCUT2D eigenvalue weighted by atomic mass is 10.0. The molecule has 1 aromatic carbocycles. The number of aromatic nitrogens is 1. The van der Waals surface area contributed by atoms with Crippen LogP contribution >= 0.6 is 24.8 Å². The van der Waals surface area contributed by atoms with Crippen molar-refractivity contribution < 1.29 is 9.53 Å². The molecule has 3 rings (SSSR count). The van der Waals surface area contributed by atoms with Crippen LogP contribution in [0.1, 0.15) is 33.5 Å². The number of hydrogen-bond acceptors (Lipinski definition) is 4. The number of carbonyl (C=O) groups excluding carboxylic acids is 1. The molecule has 7 heteroatoms. The van der Waals surface area contributed by atoms with Crippen LogP contribution in [0, 0.1) is 13.8 Å². The third kappa shape index (κ3) is 5.59. The molecule has 1 aromatic heterocycles. The normalized spacial score (nSPS) is 15.5. The van der Waals surface area contributed by atoms with Crippen molar-refractivity contribution >= 4 is 30.7 Å². The quantitative estimate of drug-likeness (QED) is 0.812. The highest BCUT2D eigenvalue weighted by atomic mass is 35.5. The topological polar surface area (TPSA) is 63.2 Å². The second-order valence-electron chi connectivity index (χ2n) is 6.25. The van der Waals surface area contributed by atoms with Gasteiger partial charge in [0.2, 0.25) is 0 Å². The molecule has 0 saturated carbocycles. The zero-order valence-electron chi connectivity index (χ0n) is 15.0. The molecule has 0 aliphatic carbocycles. The van der Waals surface area contributed by atoms with E-state index in [0.717, 1.165) is 42.0 Å². The Hall–Kier alpha value is -1.82. The predicted molar refractivity (Wildman–Crippen MR) is 108 cm³/mol. The summed E-state index contributed by atoms with van der Waals surface area (Å²) in [7, 11) is 0. The van der Waals surface area contributed by atoms with E-state index in [1.807, 2.05) is 38.1 Å². The SMILES string of the molecule is Cc1cc(C(=O)NC2CCNC2)cc(C)c1OCc1cccnc1.Cl.Cl. The van der Waals surface area contributed by atoms with Crippen molar-refractivity contribution in [3.8, 4) is 5.75 Å². The summed E-state index contributed by atoms with van der Waals surface area (Å²) in [5.74, 6) is 0.812. The molecule has 0 spiro atoms. The fraction of sp³-hybridized carbons (Fsp3) is 0.368. The number of carbonyl (C=O) groups is 1. The van der Waals surface area contributed by atoms with E-state index in [2.05, 4.69) is 15.6 Å². The third-order valence-corrected chi connectivity index (χ3v) is 4.22. The summed E-state index contributed by atoms with van der Waals surface area (Å²) in [4.78, 5) is 16.5. The third-order valence-electron chi connectivity index (χ3n) is 4.22. The van der Waals surface area contributed by atoms with E-state index >= 15 is 0 Å². The molecule has 1 unspecified atom stereocenters. The van der Waals surface area contributed by atoms with Crippen molar-refractivity contribution in [2.75, 3.05) is 13.1 Å². The lowest BCUT2D eigenvalue weighted by Gasteiger charge is -2.16. The predicted octanol–water partition coefficient (Wildman–Crippen LogP) is 3.21. The first-order valence-corrected chi connectivity index (χ1v) is 8.28. The van der Waals surface area contributed by atoms with Gasteiger partial charge in [0.1, 0.15) is 12.4 Å². The fourth-order valence-electron chi connectivity index (χ4n) is 2.99. The van der Waals surface area contributed by atoms with Gasteiger partial charge in [-0.05, 0) is 56.1 Å². The number of benzene rings is 1. The van der Waals surface area contributed by atoms with Gasteiger partial charge in [0.25, 0.3) is 5.91 Å². The fourth-order valence-corrected chi connectivity index (χ4v) is 2.99. The first-order chi connectivity index (χ1) is 11.6. The summed E-state index contributed by atoms with van der Waals surface area (Å²) in [6, 6.07) is 7.88. The lowest BCUT2D eigenvalue weighted by Crippen LogP contribution is -2.36. The number of rotatable bonds is 5. The summed E-state index contributed by atoms with van der Waals surface area (Å²) in [6.45, 7) is 6.22. The lowest BCUT2D eigenvalue weighted by molar-refractivity contribution is 0.0940. The van der Waals surface area contributed by atoms with E-state index in [4.69, 9.17) is 4.74 Å². The van der Waals surface area contributed by atoms with Crippen LogP contribution in [0.4, 0.5) is 0 Å². The Bertz CT molecular complexity index is 697. The maximum Gasteiger partial charge on any atom is 0.251 e. The zero-order chi connectivity index (χ0) is 16.9. The van der Waals surface area contributed by atoms with Crippen molar-refractivity contribution in [2.45, 2.75) is 32.9 Å². The molecule has 1 aliphatic heterocycles. The molecule has 1 saturated heterocycles. The van der Waals surface area contributed by atoms with Crippen molar-refractivity contribution in [3.05, 3.63) is 58.9 Å². The average molecular weight is 398 g/mol. The van der Waals surface area contributed by atoms with E-state index < -0.39 is 0 Å². The Morgan fingerprint density at radius 3 is 2.62 bits per heavy atom. The number of ether oxygens (including phenoxy) is 1. The molecule has 0 radical (unpaired) electrons. The van der Waals surface area contributed by atoms with Gasteiger partial charge in [-0.3, -0.25) is 9.78 Å². The first kappa shape index (κ1) is 22.2. The second kappa shape index (κ2) is 10.4. The van der Waals surface area contributed by atoms with Gasteiger partial charge in [0.15, 0.2) is 0 Å². The molecule has 1 aliphatic rings. The van der Waals surface area contributed by atoms with Crippen LogP contribution in [0.5, 0.6) is 5.75 Å². The van der Waals surface area contributed by atoms with Gasteiger partial charge < -0.3 is 15.4 Å². The molecule has 26 heavy (non-hydrogen) atoms. The Labute approximate surface area is 166 Å². The highest BCUT2D eigenvalue weighted by Crippen LogP contribution is 2.26. The molecule has 0 bridgehead atoms. The van der Waals surface area contributed by atoms with Gasteiger partial charge in [0.05, 0.1) is 0 Å². The number of pyridine rings is 1. The molecular formula is C19H25Cl2N3O2. The van der Waals surface area contributed by atoms with Crippen LogP contribution in [0.25, 0.3) is 0 Å². The van der Waals surface area contributed by atoms with Crippen molar-refractivity contribution in [1.29, 1.82) is 0 Å². The smallest absolute Gasteiger partial charge is 0.251 e. The number of nitrogens with one attached hydrogen (secondary N) is 2. The zero-order valence-corrected chi connectivity index (χ0v) is 16.6. The van der Waals surface area contributed by atoms with E-state index in [1.54, 1.807) is 12.4 Å². The number of nitrogens with zero attached hydrogens (tertiary/aromatic N) is 1. The van der Waals surface area contributed by atoms with Crippen molar-refractivity contribution in [3.63, 3.8) is 0 Å². The highest BCUT2D eigenvalue weighted by molar-refractivity contribution is 5.95. The molecule has 5 nitrogen and oxygen atoms in total. The number of halogens is 2. The molecule has 1 fully saturated rings. The number of amides is 1. The Kier molecular flexibility index (Phi) is 8.85. The second-order valence-corrected chi connectivity index (χ2v) is 6.25. The van der Waals surface area contributed by atoms with Crippen molar-refractivity contribution in [1.82, 2.24) is 15.6 Å². The number of aryl methyl sites for hydroxylation is 2. The van der Waals surface area contributed by atoms with Gasteiger partial charge in [0, 0.05) is 36.1 Å². The van der Waals surface area contributed by atoms with Crippen LogP contribution in [0.15, 0.2) is 36.7 Å². The average Bonchev–Trinajstić information content (AvgIpc) is 3.08. The van der Waals surface area contributed by atoms with Crippen LogP contribution in [0.3, 0.4) is 0 Å². The molecule has 1 atom stereocenters. The molecule has 142 valence electrons. The van der Waals surface area contributed by atoms with E-state index in [-0.39, 0.29) is 36.8 Å². The van der Waals surface area contributed by atoms with Gasteiger partial charge in [-0.2, -0.15) is 0 Å². The summed E-state index contributed by atoms with van der Waals surface area (Å²) >= 11 is 0. The minimum absolute atomic E-state index is 0. The largest absolute Gasteiger partial charge is 0.488 e. The first-order valence-electron chi connectivity index (χ1n) is 8.28. The van der Waals surface area contributed by atoms with Crippen molar-refractivity contribution in [2.24, 2.45) is 0 Å². The van der Waals surface area contributed by atoms with Crippen LogP contribution in [-0.4, -0.2) is 30.0 Å². The Morgan fingerprint density at radius 1 is 1.31 bits per heavy atom. The van der Waals surface area contributed by atoms with E-state index in [9.17, 15) is 4.79 Å². The Morgan fingerprint density at radius 2 is 2.04 bits per heavy atom. The monoisotopic (exact) mass is 397 g/mol. The van der Waals surface area contributed by atoms with E-state index in [0.29, 0.717) is 12.2 Å². The van der Waals surface area contributed by atoms with Gasteiger partial charge in [-0.1, -0.05) is 6.07 Å². The van der Waals surface area contributed by atoms with Gasteiger partial charge in [-0.25, -0.2) is 0 Å². The van der Waals surface area contributed by atoms with Crippen LogP contribution in [-0.2, 0) is 6.61 Å². The highest BCUT2D eigenvalue weighted by Gasteiger charge is 2.18. The summed E-state index contributed by atoms with van der Waals surface area (Å²) in [6.07, 6.45) is 4.52. The van der Waals surface area contributed by atoms with E-state index in [1.165, 1.54) is 0 Å². The molecule has 2 aromatic rings. The van der Waals surface area contributed by atoms with Gasteiger partial charge >= 0.3 is 0 Å². The summed E-state index contributed by atoms with van der Waals surface area (Å²) in [5.41, 5.74) is 3.64. The standard InChI is InChI=1S/C19H23N3O2.2ClH/c1-13-8-16(19(23)22-17-5-7-21-11-17)9-14(2)18(13)24-12-15-4-3-6-20-10-15;;/h3-4,6,8-10,17,21H,5,7,11-12H2,1-2H3,(H,22,23);2*1H. The summed E-state index contributed by atoms with van der Waals surface area (Å²) < 4.78 is 5.94. The minimum atomic E-state index is -0.0197. The minimum Gasteiger partial charge on any atom is -0.488 e. The van der Waals surface area contributed by atoms with Crippen LogP contribution in [0.2, 0.25) is 0 Å². The molecule has 1 amide bonds. The molecular weight excluding hydrogens is 373 g/mol. The maximum absolute atomic E-state index is 12.4. The van der Waals surface area contributed by atoms with Gasteiger partial charge in [-0.15, -0.1) is 24.8 Å².